The van der Waals surface area contributed by atoms with Gasteiger partial charge in [0.2, 0.25) is 0 Å². The molecule has 2 aromatic rings. The molecule has 0 amide bonds. The molecule has 1 aliphatic rings. The average Bonchev–Trinajstić information content (AvgIpc) is 2.85. The summed E-state index contributed by atoms with van der Waals surface area (Å²) >= 11 is 5.92. The van der Waals surface area contributed by atoms with Gasteiger partial charge in [-0.2, -0.15) is 12.6 Å². The molecule has 0 bridgehead atoms. The zero-order valence-corrected chi connectivity index (χ0v) is 15.0. The zero-order valence-electron chi connectivity index (χ0n) is 13.4. The minimum absolute atomic E-state index is 0.0160. The second-order valence-corrected chi connectivity index (χ2v) is 7.83. The van der Waals surface area contributed by atoms with E-state index in [2.05, 4.69) is 0 Å². The first-order chi connectivity index (χ1) is 11.8. The van der Waals surface area contributed by atoms with Crippen molar-refractivity contribution in [1.82, 2.24) is 4.22 Å². The molecule has 1 heterocycles. The minimum atomic E-state index is -3.90. The van der Waals surface area contributed by atoms with Crippen LogP contribution in [0.4, 0.5) is 4.39 Å². The molecule has 0 aromatic heterocycles. The Morgan fingerprint density at radius 2 is 2.00 bits per heavy atom. The molecule has 5 nitrogen and oxygen atoms in total. The van der Waals surface area contributed by atoms with Crippen molar-refractivity contribution < 1.29 is 22.0 Å². The Morgan fingerprint density at radius 1 is 1.32 bits per heavy atom. The smallest absolute Gasteiger partial charge is 0.393 e. The van der Waals surface area contributed by atoms with Crippen LogP contribution >= 0.6 is 11.6 Å². The molecule has 0 spiro atoms. The third-order valence-electron chi connectivity index (χ3n) is 4.06. The molecule has 3 rings (SSSR count). The molecule has 0 saturated carbocycles. The summed E-state index contributed by atoms with van der Waals surface area (Å²) in [6.45, 7) is 1.36. The molecule has 1 fully saturated rings. The standard InChI is InChI=1S/C16H16BClFNO4S/c1-17(21)20-14(10-24-25(20,22)23)8-11-2-4-12(5-3-11)15-9-13(18)6-7-16(15)19/h2-7,9,14,21H,8,10H2,1H3/t14-/m1/s1. The molecule has 2 aromatic carbocycles. The Morgan fingerprint density at radius 3 is 2.64 bits per heavy atom. The number of nitrogens with zero attached hydrogens (tertiary/aromatic N) is 1. The zero-order chi connectivity index (χ0) is 18.2. The van der Waals surface area contributed by atoms with E-state index in [9.17, 15) is 17.8 Å². The second kappa shape index (κ2) is 7.05. The second-order valence-electron chi connectivity index (χ2n) is 5.88. The lowest BCUT2D eigenvalue weighted by Crippen LogP contribution is -2.45. The summed E-state index contributed by atoms with van der Waals surface area (Å²) in [5.74, 6) is -0.368. The third-order valence-corrected chi connectivity index (χ3v) is 5.85. The van der Waals surface area contributed by atoms with Gasteiger partial charge in [-0.25, -0.2) is 4.39 Å². The van der Waals surface area contributed by atoms with E-state index in [4.69, 9.17) is 15.8 Å². The summed E-state index contributed by atoms with van der Waals surface area (Å²) in [4.78, 5) is 0. The average molecular weight is 384 g/mol. The highest BCUT2D eigenvalue weighted by molar-refractivity contribution is 7.85. The lowest BCUT2D eigenvalue weighted by Gasteiger charge is -2.21. The first kappa shape index (κ1) is 18.3. The highest BCUT2D eigenvalue weighted by Crippen LogP contribution is 2.28. The first-order valence-electron chi connectivity index (χ1n) is 7.68. The van der Waals surface area contributed by atoms with Crippen LogP contribution in [0, 0.1) is 5.82 Å². The number of halogens is 2. The molecule has 1 saturated heterocycles. The Bertz CT molecular complexity index is 876. The normalized spacial score (nSPS) is 19.9. The molecule has 0 aliphatic carbocycles. The molecule has 1 atom stereocenters. The van der Waals surface area contributed by atoms with Crippen LogP contribution in [0.1, 0.15) is 5.56 Å². The summed E-state index contributed by atoms with van der Waals surface area (Å²) < 4.78 is 43.3. The molecule has 1 aliphatic heterocycles. The number of hydrogen-bond donors (Lipinski definition) is 1. The summed E-state index contributed by atoms with van der Waals surface area (Å²) in [5, 5.41) is 10.1. The van der Waals surface area contributed by atoms with Gasteiger partial charge in [-0.1, -0.05) is 35.9 Å². The van der Waals surface area contributed by atoms with Crippen molar-refractivity contribution in [2.75, 3.05) is 6.61 Å². The molecule has 1 N–H and O–H groups in total. The number of hydrogen-bond acceptors (Lipinski definition) is 4. The third kappa shape index (κ3) is 3.88. The van der Waals surface area contributed by atoms with Gasteiger partial charge >= 0.3 is 17.4 Å². The van der Waals surface area contributed by atoms with Crippen molar-refractivity contribution in [1.29, 1.82) is 0 Å². The van der Waals surface area contributed by atoms with Crippen LogP contribution in [0.25, 0.3) is 11.1 Å². The number of benzene rings is 2. The maximum atomic E-state index is 13.9. The van der Waals surface area contributed by atoms with Crippen LogP contribution in [0.15, 0.2) is 42.5 Å². The van der Waals surface area contributed by atoms with Crippen molar-refractivity contribution in [3.63, 3.8) is 0 Å². The van der Waals surface area contributed by atoms with Crippen LogP contribution < -0.4 is 0 Å². The van der Waals surface area contributed by atoms with Crippen LogP contribution in [-0.4, -0.2) is 37.4 Å². The van der Waals surface area contributed by atoms with E-state index in [1.165, 1.54) is 19.0 Å². The summed E-state index contributed by atoms with van der Waals surface area (Å²) in [6, 6.07) is 11.0. The highest BCUT2D eigenvalue weighted by atomic mass is 35.5. The largest absolute Gasteiger partial charge is 0.437 e. The summed E-state index contributed by atoms with van der Waals surface area (Å²) in [7, 11) is -5.07. The van der Waals surface area contributed by atoms with Gasteiger partial charge in [0.25, 0.3) is 0 Å². The van der Waals surface area contributed by atoms with E-state index >= 15 is 0 Å². The fourth-order valence-corrected chi connectivity index (χ4v) is 4.43. The van der Waals surface area contributed by atoms with E-state index in [1.54, 1.807) is 30.3 Å². The lowest BCUT2D eigenvalue weighted by atomic mass is 9.86. The fourth-order valence-electron chi connectivity index (χ4n) is 2.93. The maximum Gasteiger partial charge on any atom is 0.393 e. The Balaban J connectivity index is 1.81. The molecule has 132 valence electrons. The van der Waals surface area contributed by atoms with Gasteiger partial charge in [-0.05, 0) is 42.6 Å². The van der Waals surface area contributed by atoms with Gasteiger partial charge < -0.3 is 5.02 Å². The van der Waals surface area contributed by atoms with Gasteiger partial charge in [0, 0.05) is 16.6 Å². The fraction of sp³-hybridized carbons (Fsp3) is 0.250. The van der Waals surface area contributed by atoms with Crippen LogP contribution in [0.2, 0.25) is 11.8 Å². The molecular weight excluding hydrogens is 368 g/mol. The Kier molecular flexibility index (Phi) is 5.17. The highest BCUT2D eigenvalue weighted by Gasteiger charge is 2.43. The van der Waals surface area contributed by atoms with E-state index in [1.807, 2.05) is 0 Å². The topological polar surface area (TPSA) is 66.8 Å². The summed E-state index contributed by atoms with van der Waals surface area (Å²) in [6.07, 6.45) is 0.377. The maximum absolute atomic E-state index is 13.9. The van der Waals surface area contributed by atoms with Gasteiger partial charge in [-0.3, -0.25) is 4.18 Å². The van der Waals surface area contributed by atoms with E-state index in [-0.39, 0.29) is 12.4 Å². The van der Waals surface area contributed by atoms with Crippen molar-refractivity contribution in [3.8, 4) is 11.1 Å². The summed E-state index contributed by atoms with van der Waals surface area (Å²) in [5.41, 5.74) is 1.92. The van der Waals surface area contributed by atoms with Crippen molar-refractivity contribution >= 4 is 29.0 Å². The Labute approximate surface area is 151 Å². The van der Waals surface area contributed by atoms with Crippen LogP contribution in [0.5, 0.6) is 0 Å². The lowest BCUT2D eigenvalue weighted by molar-refractivity contribution is 0.326. The van der Waals surface area contributed by atoms with Crippen molar-refractivity contribution in [2.24, 2.45) is 0 Å². The van der Waals surface area contributed by atoms with Crippen LogP contribution in [-0.2, 0) is 20.9 Å². The van der Waals surface area contributed by atoms with Crippen LogP contribution in [0.3, 0.4) is 0 Å². The van der Waals surface area contributed by atoms with E-state index in [0.717, 1.165) is 9.78 Å². The molecule has 0 radical (unpaired) electrons. The van der Waals surface area contributed by atoms with E-state index in [0.29, 0.717) is 22.6 Å². The minimum Gasteiger partial charge on any atom is -0.437 e. The Hall–Kier alpha value is -1.45. The van der Waals surface area contributed by atoms with Crippen molar-refractivity contribution in [3.05, 3.63) is 58.9 Å². The predicted octanol–water partition coefficient (Wildman–Crippen LogP) is 2.74. The quantitative estimate of drug-likeness (QED) is 0.825. The SMILES string of the molecule is CB(O)N1[C@H](Cc2ccc(-c3cc(Cl)ccc3F)cc2)COS1(=O)=O. The monoisotopic (exact) mass is 383 g/mol. The molecule has 0 unspecified atom stereocenters. The molecule has 9 heteroatoms. The van der Waals surface area contributed by atoms with Crippen molar-refractivity contribution in [2.45, 2.75) is 19.3 Å². The number of rotatable bonds is 4. The van der Waals surface area contributed by atoms with Gasteiger partial charge in [0.15, 0.2) is 0 Å². The molecule has 25 heavy (non-hydrogen) atoms. The van der Waals surface area contributed by atoms with Gasteiger partial charge in [-0.15, -0.1) is 0 Å². The van der Waals surface area contributed by atoms with Gasteiger partial charge in [0.05, 0.1) is 6.61 Å². The predicted molar refractivity (Wildman–Crippen MR) is 94.9 cm³/mol. The first-order valence-corrected chi connectivity index (χ1v) is 9.42. The van der Waals surface area contributed by atoms with E-state index < -0.39 is 23.4 Å². The van der Waals surface area contributed by atoms with Gasteiger partial charge in [0.1, 0.15) is 5.82 Å². The molecular formula is C16H16BClFNO4S.